The van der Waals surface area contributed by atoms with Crippen LogP contribution in [0.3, 0.4) is 0 Å². The molecule has 0 unspecified atom stereocenters. The molecular formula is C31H35ClN2O6Si. The fourth-order valence-corrected chi connectivity index (χ4v) is 9.25. The molecule has 1 saturated heterocycles. The van der Waals surface area contributed by atoms with Crippen LogP contribution in [0.1, 0.15) is 34.8 Å². The lowest BCUT2D eigenvalue weighted by Gasteiger charge is -2.32. The zero-order valence-electron chi connectivity index (χ0n) is 23.6. The molecule has 2 amide bonds. The molecule has 0 aromatic heterocycles. The van der Waals surface area contributed by atoms with Crippen molar-refractivity contribution in [1.82, 2.24) is 0 Å². The van der Waals surface area contributed by atoms with Crippen LogP contribution in [0.2, 0.25) is 23.7 Å². The second kappa shape index (κ2) is 11.2. The molecule has 1 fully saturated rings. The highest BCUT2D eigenvalue weighted by molar-refractivity contribution is 6.71. The van der Waals surface area contributed by atoms with Gasteiger partial charge in [0.2, 0.25) is 0 Å². The van der Waals surface area contributed by atoms with Crippen LogP contribution >= 0.6 is 11.6 Å². The summed E-state index contributed by atoms with van der Waals surface area (Å²) in [4.78, 5) is 40.1. The van der Waals surface area contributed by atoms with Crippen LogP contribution in [0.5, 0.6) is 5.75 Å². The maximum Gasteiger partial charge on any atom is 0.264 e. The van der Waals surface area contributed by atoms with Gasteiger partial charge in [-0.3, -0.25) is 9.59 Å². The Bertz CT molecular complexity index is 1460. The highest BCUT2D eigenvalue weighted by atomic mass is 35.5. The Kier molecular flexibility index (Phi) is 8.02. The monoisotopic (exact) mass is 594 g/mol. The van der Waals surface area contributed by atoms with Crippen molar-refractivity contribution in [2.24, 2.45) is 5.92 Å². The molecule has 216 valence electrons. The number of aliphatic hydroxyl groups is 1. The van der Waals surface area contributed by atoms with Gasteiger partial charge in [0.15, 0.2) is 13.9 Å². The quantitative estimate of drug-likeness (QED) is 0.304. The van der Waals surface area contributed by atoms with Gasteiger partial charge in [-0.1, -0.05) is 30.7 Å². The highest BCUT2D eigenvalue weighted by Gasteiger charge is 2.66. The van der Waals surface area contributed by atoms with E-state index in [0.717, 1.165) is 5.56 Å². The molecule has 41 heavy (non-hydrogen) atoms. The molecule has 0 bridgehead atoms. The number of carbonyl (C=O) groups is 2. The number of halogens is 1. The molecule has 0 aliphatic carbocycles. The van der Waals surface area contributed by atoms with Crippen LogP contribution in [0.15, 0.2) is 66.7 Å². The number of nitrogens with zero attached hydrogens (tertiary/aromatic N) is 1. The molecule has 3 aromatic rings. The van der Waals surface area contributed by atoms with E-state index >= 15 is 0 Å². The second-order valence-corrected chi connectivity index (χ2v) is 15.7. The van der Waals surface area contributed by atoms with Gasteiger partial charge in [0.25, 0.3) is 11.8 Å². The Hall–Kier alpha value is -3.21. The Balaban J connectivity index is 1.45. The lowest BCUT2D eigenvalue weighted by Crippen LogP contribution is -2.46. The first-order valence-electron chi connectivity index (χ1n) is 13.7. The number of aliphatic hydroxyl groups excluding tert-OH is 1. The molecule has 3 aromatic carbocycles. The van der Waals surface area contributed by atoms with E-state index in [9.17, 15) is 19.5 Å². The average molecular weight is 595 g/mol. The van der Waals surface area contributed by atoms with E-state index in [0.29, 0.717) is 39.7 Å². The third-order valence-corrected chi connectivity index (χ3v) is 11.0. The Labute approximate surface area is 246 Å². The van der Waals surface area contributed by atoms with E-state index in [2.05, 4.69) is 5.32 Å². The van der Waals surface area contributed by atoms with Gasteiger partial charge in [0.05, 0.1) is 25.4 Å². The summed E-state index contributed by atoms with van der Waals surface area (Å²) in [5.41, 5.74) is 1.69. The van der Waals surface area contributed by atoms with Crippen molar-refractivity contribution in [3.8, 4) is 5.75 Å². The second-order valence-electron chi connectivity index (χ2n) is 11.3. The van der Waals surface area contributed by atoms with Gasteiger partial charge in [-0.15, -0.1) is 0 Å². The minimum atomic E-state index is -2.79. The molecule has 5 rings (SSSR count). The minimum Gasteiger partial charge on any atom is -0.497 e. The normalized spacial score (nSPS) is 23.6. The maximum absolute atomic E-state index is 14.4. The largest absolute Gasteiger partial charge is 0.497 e. The lowest BCUT2D eigenvalue weighted by atomic mass is 9.82. The van der Waals surface area contributed by atoms with Crippen molar-refractivity contribution in [1.29, 1.82) is 0 Å². The van der Waals surface area contributed by atoms with Gasteiger partial charge in [0.1, 0.15) is 5.75 Å². The number of amides is 2. The first-order chi connectivity index (χ1) is 19.5. The number of ether oxygens (including phenoxy) is 2. The molecule has 10 heteroatoms. The number of rotatable bonds is 8. The van der Waals surface area contributed by atoms with Crippen molar-refractivity contribution in [2.75, 3.05) is 23.9 Å². The standard InChI is InChI=1S/C31H35ClN2O6Si/c1-19-28(41(3,4)38)27(14-15-35)40-31(19)25-17-22(32)10-13-26(25)34(30(31)37)18-20-6-5-7-23(16-20)33-29(36)21-8-11-24(39-2)12-9-21/h5-13,16-17,19,27-28,35,38H,14-15,18H2,1-4H3,(H,33,36)/t19-,27+,28-,31+/m1/s1. The summed E-state index contributed by atoms with van der Waals surface area (Å²) in [6.45, 7) is 5.79. The fourth-order valence-electron chi connectivity index (χ4n) is 6.48. The third kappa shape index (κ3) is 5.28. The Morgan fingerprint density at radius 3 is 2.54 bits per heavy atom. The van der Waals surface area contributed by atoms with Crippen LogP contribution in [-0.2, 0) is 21.7 Å². The maximum atomic E-state index is 14.4. The highest BCUT2D eigenvalue weighted by Crippen LogP contribution is 2.60. The number of methoxy groups -OCH3 is 1. The molecule has 0 saturated carbocycles. The summed E-state index contributed by atoms with van der Waals surface area (Å²) < 4.78 is 11.8. The van der Waals surface area contributed by atoms with Crippen molar-refractivity contribution in [3.63, 3.8) is 0 Å². The molecule has 3 N–H and O–H groups in total. The summed E-state index contributed by atoms with van der Waals surface area (Å²) >= 11 is 6.44. The molecule has 4 atom stereocenters. The average Bonchev–Trinajstić information content (AvgIpc) is 3.35. The van der Waals surface area contributed by atoms with E-state index in [-0.39, 0.29) is 36.4 Å². The van der Waals surface area contributed by atoms with Gasteiger partial charge >= 0.3 is 0 Å². The van der Waals surface area contributed by atoms with Crippen molar-refractivity contribution in [2.45, 2.75) is 50.2 Å². The summed E-state index contributed by atoms with van der Waals surface area (Å²) in [6, 6.07) is 19.6. The molecule has 8 nitrogen and oxygen atoms in total. The summed E-state index contributed by atoms with van der Waals surface area (Å²) in [7, 11) is -1.22. The molecule has 1 spiro atoms. The first kappa shape index (κ1) is 29.3. The summed E-state index contributed by atoms with van der Waals surface area (Å²) in [5.74, 6) is -0.155. The van der Waals surface area contributed by atoms with E-state index in [1.807, 2.05) is 44.3 Å². The van der Waals surface area contributed by atoms with Gasteiger partial charge < -0.3 is 29.6 Å². The topological polar surface area (TPSA) is 108 Å². The van der Waals surface area contributed by atoms with Gasteiger partial charge in [-0.25, -0.2) is 0 Å². The fraction of sp³-hybridized carbons (Fsp3) is 0.355. The molecule has 2 heterocycles. The van der Waals surface area contributed by atoms with Crippen LogP contribution in [0.4, 0.5) is 11.4 Å². The zero-order chi connectivity index (χ0) is 29.5. The van der Waals surface area contributed by atoms with Gasteiger partial charge in [0, 0.05) is 39.9 Å². The third-order valence-electron chi connectivity index (χ3n) is 8.24. The predicted octanol–water partition coefficient (Wildman–Crippen LogP) is 5.33. The van der Waals surface area contributed by atoms with Crippen molar-refractivity contribution >= 4 is 43.1 Å². The van der Waals surface area contributed by atoms with Crippen molar-refractivity contribution < 1.29 is 29.0 Å². The van der Waals surface area contributed by atoms with Crippen LogP contribution in [-0.4, -0.2) is 49.9 Å². The number of fused-ring (bicyclic) bond motifs is 2. The van der Waals surface area contributed by atoms with Gasteiger partial charge in [-0.2, -0.15) is 0 Å². The Morgan fingerprint density at radius 2 is 1.88 bits per heavy atom. The number of hydrogen-bond donors (Lipinski definition) is 3. The minimum absolute atomic E-state index is 0.107. The Morgan fingerprint density at radius 1 is 1.15 bits per heavy atom. The van der Waals surface area contributed by atoms with Crippen LogP contribution in [0.25, 0.3) is 0 Å². The van der Waals surface area contributed by atoms with E-state index in [1.165, 1.54) is 0 Å². The van der Waals surface area contributed by atoms with E-state index in [1.54, 1.807) is 54.5 Å². The first-order valence-corrected chi connectivity index (χ1v) is 17.1. The van der Waals surface area contributed by atoms with Crippen molar-refractivity contribution in [3.05, 3.63) is 88.4 Å². The number of hydrogen-bond acceptors (Lipinski definition) is 6. The van der Waals surface area contributed by atoms with E-state index < -0.39 is 20.0 Å². The number of nitrogens with one attached hydrogen (secondary N) is 1. The molecular weight excluding hydrogens is 560 g/mol. The summed E-state index contributed by atoms with van der Waals surface area (Å²) in [5, 5.41) is 13.2. The molecule has 2 aliphatic heterocycles. The number of benzene rings is 3. The smallest absolute Gasteiger partial charge is 0.264 e. The zero-order valence-corrected chi connectivity index (χ0v) is 25.3. The van der Waals surface area contributed by atoms with Gasteiger partial charge in [-0.05, 0) is 79.7 Å². The SMILES string of the molecule is COc1ccc(C(=O)Nc2cccc(CN3C(=O)[C@@]4(O[C@@H](CCO)[C@H]([Si](C)(C)O)[C@H]4C)c4cc(Cl)ccc43)c2)cc1. The van der Waals surface area contributed by atoms with E-state index in [4.69, 9.17) is 21.1 Å². The predicted molar refractivity (Wildman–Crippen MR) is 161 cm³/mol. The number of carbonyl (C=O) groups excluding carboxylic acids is 2. The lowest BCUT2D eigenvalue weighted by molar-refractivity contribution is -0.146. The number of anilines is 2. The molecule has 2 aliphatic rings. The van der Waals surface area contributed by atoms with Crippen LogP contribution in [0, 0.1) is 5.92 Å². The summed E-state index contributed by atoms with van der Waals surface area (Å²) in [6.07, 6.45) is -0.138. The molecule has 0 radical (unpaired) electrons. The van der Waals surface area contributed by atoms with Crippen LogP contribution < -0.4 is 15.0 Å².